The van der Waals surface area contributed by atoms with Crippen molar-refractivity contribution < 1.29 is 9.94 Å². The van der Waals surface area contributed by atoms with Crippen LogP contribution in [0.5, 0.6) is 5.75 Å². The van der Waals surface area contributed by atoms with E-state index in [1.54, 1.807) is 7.11 Å². The first-order chi connectivity index (χ1) is 9.22. The summed E-state index contributed by atoms with van der Waals surface area (Å²) in [6.45, 7) is 1.26. The first-order valence-corrected chi connectivity index (χ1v) is 6.04. The van der Waals surface area contributed by atoms with Gasteiger partial charge >= 0.3 is 0 Å². The summed E-state index contributed by atoms with van der Waals surface area (Å²) >= 11 is 0. The summed E-state index contributed by atoms with van der Waals surface area (Å²) in [5, 5.41) is 14.3. The van der Waals surface area contributed by atoms with Gasteiger partial charge in [0.2, 0.25) is 5.96 Å². The highest BCUT2D eigenvalue weighted by Gasteiger charge is 2.20. The molecule has 1 heterocycles. The molecule has 106 valence electrons. The number of ether oxygens (including phenoxy) is 1. The van der Waals surface area contributed by atoms with Crippen LogP contribution in [0.25, 0.3) is 10.8 Å². The first kappa shape index (κ1) is 14.3. The summed E-state index contributed by atoms with van der Waals surface area (Å²) in [5.74, 6) is 0.950. The van der Waals surface area contributed by atoms with Crippen molar-refractivity contribution >= 4 is 29.1 Å². The van der Waals surface area contributed by atoms with Crippen LogP contribution in [-0.2, 0) is 13.1 Å². The van der Waals surface area contributed by atoms with Crippen LogP contribution < -0.4 is 10.5 Å². The smallest absolute Gasteiger partial charge is 0.233 e. The summed E-state index contributed by atoms with van der Waals surface area (Å²) in [4.78, 5) is 1.83. The molecule has 0 amide bonds. The SMILES string of the molecule is COc1cc2c3c(cccc3c1)CN(/C(N)=N/O)C2.Cl. The fraction of sp³-hybridized carbons (Fsp3) is 0.214. The van der Waals surface area contributed by atoms with Gasteiger partial charge in [0.15, 0.2) is 0 Å². The molecule has 0 saturated carbocycles. The van der Waals surface area contributed by atoms with E-state index in [0.717, 1.165) is 16.7 Å². The van der Waals surface area contributed by atoms with Gasteiger partial charge in [-0.1, -0.05) is 23.4 Å². The molecule has 0 aliphatic carbocycles. The standard InChI is InChI=1S/C14H15N3O2.ClH/c1-19-12-5-9-3-2-4-10-7-17(14(15)16-18)8-11(6-12)13(9)10;/h2-6,18H,7-8H2,1H3,(H2,15,16);1H. The lowest BCUT2D eigenvalue weighted by molar-refractivity contribution is 0.292. The quantitative estimate of drug-likeness (QED) is 0.366. The third-order valence-electron chi connectivity index (χ3n) is 3.50. The summed E-state index contributed by atoms with van der Waals surface area (Å²) < 4.78 is 5.32. The summed E-state index contributed by atoms with van der Waals surface area (Å²) in [7, 11) is 1.65. The molecule has 1 aliphatic rings. The van der Waals surface area contributed by atoms with Crippen LogP contribution in [0.2, 0.25) is 0 Å². The van der Waals surface area contributed by atoms with E-state index in [-0.39, 0.29) is 18.4 Å². The molecule has 0 fully saturated rings. The minimum absolute atomic E-state index is 0. The molecule has 0 unspecified atom stereocenters. The molecule has 0 saturated heterocycles. The Bertz CT molecular complexity index is 673. The summed E-state index contributed by atoms with van der Waals surface area (Å²) in [6.07, 6.45) is 0. The molecule has 0 radical (unpaired) electrons. The number of rotatable bonds is 1. The van der Waals surface area contributed by atoms with Gasteiger partial charge < -0.3 is 20.6 Å². The lowest BCUT2D eigenvalue weighted by Gasteiger charge is -2.29. The van der Waals surface area contributed by atoms with E-state index >= 15 is 0 Å². The van der Waals surface area contributed by atoms with E-state index in [4.69, 9.17) is 15.7 Å². The van der Waals surface area contributed by atoms with Crippen molar-refractivity contribution in [3.63, 3.8) is 0 Å². The molecule has 2 aromatic carbocycles. The molecule has 5 nitrogen and oxygen atoms in total. The van der Waals surface area contributed by atoms with Gasteiger partial charge in [-0.15, -0.1) is 12.4 Å². The number of oxime groups is 1. The van der Waals surface area contributed by atoms with Crippen molar-refractivity contribution in [3.8, 4) is 5.75 Å². The van der Waals surface area contributed by atoms with Gasteiger partial charge in [0, 0.05) is 13.1 Å². The zero-order chi connectivity index (χ0) is 13.4. The van der Waals surface area contributed by atoms with Gasteiger partial charge in [-0.2, -0.15) is 0 Å². The Morgan fingerprint density at radius 1 is 1.30 bits per heavy atom. The summed E-state index contributed by atoms with van der Waals surface area (Å²) in [6, 6.07) is 10.2. The van der Waals surface area contributed by atoms with Crippen LogP contribution >= 0.6 is 12.4 Å². The minimum atomic E-state index is 0. The lowest BCUT2D eigenvalue weighted by atomic mass is 9.95. The average Bonchev–Trinajstić information content (AvgIpc) is 2.46. The maximum Gasteiger partial charge on any atom is 0.233 e. The normalized spacial score (nSPS) is 14.1. The van der Waals surface area contributed by atoms with Gasteiger partial charge in [0.25, 0.3) is 0 Å². The molecule has 0 aromatic heterocycles. The topological polar surface area (TPSA) is 71.1 Å². The highest BCUT2D eigenvalue weighted by Crippen LogP contribution is 2.33. The Hall–Kier alpha value is -2.14. The average molecular weight is 294 g/mol. The number of benzene rings is 2. The van der Waals surface area contributed by atoms with Gasteiger partial charge in [0.1, 0.15) is 5.75 Å². The van der Waals surface area contributed by atoms with Gasteiger partial charge in [0.05, 0.1) is 7.11 Å². The van der Waals surface area contributed by atoms with E-state index in [9.17, 15) is 0 Å². The fourth-order valence-corrected chi connectivity index (χ4v) is 2.64. The Labute approximate surface area is 123 Å². The molecule has 0 spiro atoms. The van der Waals surface area contributed by atoms with Crippen LogP contribution in [0.1, 0.15) is 11.1 Å². The van der Waals surface area contributed by atoms with Crippen LogP contribution in [0.3, 0.4) is 0 Å². The van der Waals surface area contributed by atoms with Crippen molar-refractivity contribution in [2.45, 2.75) is 13.1 Å². The number of guanidine groups is 1. The number of hydrogen-bond acceptors (Lipinski definition) is 3. The maximum absolute atomic E-state index is 8.83. The number of nitrogens with zero attached hydrogens (tertiary/aromatic N) is 2. The molecule has 3 N–H and O–H groups in total. The second-order valence-electron chi connectivity index (χ2n) is 4.62. The maximum atomic E-state index is 8.83. The Morgan fingerprint density at radius 3 is 2.75 bits per heavy atom. The van der Waals surface area contributed by atoms with Gasteiger partial charge in [-0.3, -0.25) is 0 Å². The molecule has 6 heteroatoms. The van der Waals surface area contributed by atoms with Gasteiger partial charge in [-0.25, -0.2) is 0 Å². The van der Waals surface area contributed by atoms with Crippen molar-refractivity contribution in [3.05, 3.63) is 41.5 Å². The van der Waals surface area contributed by atoms with Crippen molar-refractivity contribution in [1.29, 1.82) is 0 Å². The van der Waals surface area contributed by atoms with Crippen LogP contribution in [0.15, 0.2) is 35.5 Å². The predicted molar refractivity (Wildman–Crippen MR) is 80.4 cm³/mol. The van der Waals surface area contributed by atoms with Crippen molar-refractivity contribution in [1.82, 2.24) is 4.90 Å². The fourth-order valence-electron chi connectivity index (χ4n) is 2.64. The molecule has 0 bridgehead atoms. The van der Waals surface area contributed by atoms with E-state index < -0.39 is 0 Å². The number of halogens is 1. The van der Waals surface area contributed by atoms with Crippen LogP contribution in [0, 0.1) is 0 Å². The molecule has 20 heavy (non-hydrogen) atoms. The highest BCUT2D eigenvalue weighted by molar-refractivity contribution is 5.92. The monoisotopic (exact) mass is 293 g/mol. The van der Waals surface area contributed by atoms with Crippen molar-refractivity contribution in [2.75, 3.05) is 7.11 Å². The van der Waals surface area contributed by atoms with Crippen LogP contribution in [-0.4, -0.2) is 23.2 Å². The Kier molecular flexibility index (Phi) is 3.90. The van der Waals surface area contributed by atoms with Crippen molar-refractivity contribution in [2.24, 2.45) is 10.9 Å². The Morgan fingerprint density at radius 2 is 2.05 bits per heavy atom. The number of hydrogen-bond donors (Lipinski definition) is 2. The Balaban J connectivity index is 0.00000147. The largest absolute Gasteiger partial charge is 0.497 e. The lowest BCUT2D eigenvalue weighted by Crippen LogP contribution is -2.38. The molecule has 2 aromatic rings. The second kappa shape index (κ2) is 5.46. The third kappa shape index (κ3) is 2.20. The van der Waals surface area contributed by atoms with E-state index in [1.807, 2.05) is 23.1 Å². The third-order valence-corrected chi connectivity index (χ3v) is 3.50. The number of nitrogens with two attached hydrogens (primary N) is 1. The zero-order valence-corrected chi connectivity index (χ0v) is 11.9. The predicted octanol–water partition coefficient (Wildman–Crippen LogP) is 2.29. The van der Waals surface area contributed by atoms with E-state index in [1.165, 1.54) is 10.9 Å². The minimum Gasteiger partial charge on any atom is -0.497 e. The first-order valence-electron chi connectivity index (χ1n) is 6.04. The van der Waals surface area contributed by atoms with Crippen LogP contribution in [0.4, 0.5) is 0 Å². The molecular formula is C14H16ClN3O2. The summed E-state index contributed by atoms with van der Waals surface area (Å²) in [5.41, 5.74) is 8.00. The zero-order valence-electron chi connectivity index (χ0n) is 11.0. The van der Waals surface area contributed by atoms with E-state index in [2.05, 4.69) is 17.3 Å². The molecule has 0 atom stereocenters. The highest BCUT2D eigenvalue weighted by atomic mass is 35.5. The van der Waals surface area contributed by atoms with E-state index in [0.29, 0.717) is 13.1 Å². The number of methoxy groups -OCH3 is 1. The molecule has 1 aliphatic heterocycles. The molecule has 3 rings (SSSR count). The van der Waals surface area contributed by atoms with Gasteiger partial charge in [-0.05, 0) is 34.0 Å². The molecular weight excluding hydrogens is 278 g/mol. The second-order valence-corrected chi connectivity index (χ2v) is 4.62.